The summed E-state index contributed by atoms with van der Waals surface area (Å²) in [5, 5.41) is 5.86. The van der Waals surface area contributed by atoms with Gasteiger partial charge in [-0.2, -0.15) is 9.78 Å². The van der Waals surface area contributed by atoms with Crippen molar-refractivity contribution in [2.75, 3.05) is 6.61 Å². The van der Waals surface area contributed by atoms with Crippen LogP contribution >= 0.6 is 27.5 Å². The monoisotopic (exact) mass is 579 g/mol. The molecule has 10 heteroatoms. The molecule has 0 amide bonds. The Morgan fingerprint density at radius 1 is 1.19 bits per heavy atom. The van der Waals surface area contributed by atoms with Crippen LogP contribution < -0.4 is 15.0 Å². The van der Waals surface area contributed by atoms with Crippen molar-refractivity contribution in [1.29, 1.82) is 0 Å². The number of fused-ring (bicyclic) bond motifs is 2. The van der Waals surface area contributed by atoms with Gasteiger partial charge in [0.2, 0.25) is 5.82 Å². The van der Waals surface area contributed by atoms with E-state index in [2.05, 4.69) is 26.0 Å². The normalized spacial score (nSPS) is 11.5. The Bertz CT molecular complexity index is 1760. The first kappa shape index (κ1) is 24.7. The summed E-state index contributed by atoms with van der Waals surface area (Å²) in [5.41, 5.74) is 1.31. The van der Waals surface area contributed by atoms with Gasteiger partial charge in [-0.15, -0.1) is 0 Å². The first-order valence-electron chi connectivity index (χ1n) is 11.2. The maximum Gasteiger partial charge on any atom is 0.308 e. The molecule has 0 N–H and O–H groups in total. The van der Waals surface area contributed by atoms with Gasteiger partial charge in [0.25, 0.3) is 5.56 Å². The van der Waals surface area contributed by atoms with Gasteiger partial charge in [-0.25, -0.2) is 4.98 Å². The second kappa shape index (κ2) is 10.2. The molecular formula is C27H19BrClN3O5. The summed E-state index contributed by atoms with van der Waals surface area (Å²) in [5.74, 6) is 0.484. The molecule has 0 spiro atoms. The summed E-state index contributed by atoms with van der Waals surface area (Å²) >= 11 is 9.84. The van der Waals surface area contributed by atoms with Crippen LogP contribution in [0, 0.1) is 0 Å². The minimum Gasteiger partial charge on any atom is -0.490 e. The molecule has 8 nitrogen and oxygen atoms in total. The summed E-state index contributed by atoms with van der Waals surface area (Å²) < 4.78 is 18.9. The minimum atomic E-state index is -0.527. The SMILES string of the molecule is CCOc1cc(C=Nn2c(-c3cc4cc(Br)ccc4o3)nc3ccccc3c2=O)cc(Cl)c1OC(C)=O. The van der Waals surface area contributed by atoms with E-state index in [9.17, 15) is 9.59 Å². The third kappa shape index (κ3) is 5.00. The molecule has 2 heterocycles. The number of carbonyl (C=O) groups excluding carboxylic acids is 1. The molecule has 0 aliphatic carbocycles. The van der Waals surface area contributed by atoms with E-state index >= 15 is 0 Å². The number of hydrogen-bond acceptors (Lipinski definition) is 7. The average Bonchev–Trinajstić information content (AvgIpc) is 3.28. The number of rotatable bonds is 6. The number of esters is 1. The van der Waals surface area contributed by atoms with Gasteiger partial charge in [-0.1, -0.05) is 39.7 Å². The highest BCUT2D eigenvalue weighted by Crippen LogP contribution is 2.36. The van der Waals surface area contributed by atoms with Crippen molar-refractivity contribution < 1.29 is 18.7 Å². The highest BCUT2D eigenvalue weighted by molar-refractivity contribution is 9.10. The first-order valence-corrected chi connectivity index (χ1v) is 12.4. The fraction of sp³-hybridized carbons (Fsp3) is 0.111. The lowest BCUT2D eigenvalue weighted by molar-refractivity contribution is -0.132. The van der Waals surface area contributed by atoms with Crippen molar-refractivity contribution >= 4 is 61.6 Å². The molecule has 37 heavy (non-hydrogen) atoms. The Kier molecular flexibility index (Phi) is 6.82. The van der Waals surface area contributed by atoms with Crippen LogP contribution in [-0.2, 0) is 4.79 Å². The van der Waals surface area contributed by atoms with Crippen molar-refractivity contribution in [3.8, 4) is 23.1 Å². The number of nitrogens with zero attached hydrogens (tertiary/aromatic N) is 3. The third-order valence-electron chi connectivity index (χ3n) is 5.35. The largest absolute Gasteiger partial charge is 0.490 e. The van der Waals surface area contributed by atoms with Crippen LogP contribution in [-0.4, -0.2) is 28.5 Å². The number of para-hydroxylation sites is 1. The Balaban J connectivity index is 1.66. The number of benzene rings is 3. The molecule has 5 rings (SSSR count). The van der Waals surface area contributed by atoms with Gasteiger partial charge in [0.1, 0.15) is 5.58 Å². The quantitative estimate of drug-likeness (QED) is 0.130. The fourth-order valence-corrected chi connectivity index (χ4v) is 4.44. The van der Waals surface area contributed by atoms with E-state index in [1.165, 1.54) is 17.8 Å². The van der Waals surface area contributed by atoms with Crippen molar-refractivity contribution in [3.05, 3.63) is 86.1 Å². The van der Waals surface area contributed by atoms with Crippen molar-refractivity contribution in [1.82, 2.24) is 9.66 Å². The van der Waals surface area contributed by atoms with Gasteiger partial charge in [-0.05, 0) is 61.0 Å². The molecule has 2 aromatic heterocycles. The first-order chi connectivity index (χ1) is 17.8. The number of carbonyl (C=O) groups is 1. The van der Waals surface area contributed by atoms with E-state index in [1.54, 1.807) is 43.3 Å². The Labute approximate surface area is 224 Å². The number of aromatic nitrogens is 2. The van der Waals surface area contributed by atoms with Gasteiger partial charge in [0.05, 0.1) is 28.7 Å². The van der Waals surface area contributed by atoms with Gasteiger partial charge < -0.3 is 13.9 Å². The molecule has 186 valence electrons. The lowest BCUT2D eigenvalue weighted by atomic mass is 10.2. The molecule has 0 saturated heterocycles. The zero-order valence-corrected chi connectivity index (χ0v) is 22.0. The van der Waals surface area contributed by atoms with Crippen LogP contribution in [0.5, 0.6) is 11.5 Å². The molecule has 0 aliphatic rings. The fourth-order valence-electron chi connectivity index (χ4n) is 3.81. The summed E-state index contributed by atoms with van der Waals surface area (Å²) in [6.45, 7) is 3.40. The predicted molar refractivity (Wildman–Crippen MR) is 146 cm³/mol. The number of ether oxygens (including phenoxy) is 2. The second-order valence-corrected chi connectivity index (χ2v) is 9.29. The third-order valence-corrected chi connectivity index (χ3v) is 6.13. The molecule has 5 aromatic rings. The standard InChI is InChI=1S/C27H19BrClN3O5/c1-3-35-23-11-16(10-20(29)25(23)36-15(2)33)14-30-32-26(31-21-7-5-4-6-19(21)27(32)34)24-13-17-12-18(28)8-9-22(17)37-24/h4-14H,3H2,1-2H3. The highest BCUT2D eigenvalue weighted by atomic mass is 79.9. The second-order valence-electron chi connectivity index (χ2n) is 7.96. The number of furan rings is 1. The molecule has 0 unspecified atom stereocenters. The van der Waals surface area contributed by atoms with E-state index in [1.807, 2.05) is 24.3 Å². The van der Waals surface area contributed by atoms with Crippen LogP contribution in [0.1, 0.15) is 19.4 Å². The average molecular weight is 581 g/mol. The van der Waals surface area contributed by atoms with E-state index in [4.69, 9.17) is 25.5 Å². The summed E-state index contributed by atoms with van der Waals surface area (Å²) in [4.78, 5) is 29.7. The van der Waals surface area contributed by atoms with Crippen molar-refractivity contribution in [2.24, 2.45) is 5.10 Å². The topological polar surface area (TPSA) is 95.9 Å². The number of hydrogen-bond donors (Lipinski definition) is 0. The van der Waals surface area contributed by atoms with Gasteiger partial charge >= 0.3 is 5.97 Å². The Hall–Kier alpha value is -3.95. The van der Waals surface area contributed by atoms with E-state index in [-0.39, 0.29) is 27.9 Å². The summed E-state index contributed by atoms with van der Waals surface area (Å²) in [7, 11) is 0. The van der Waals surface area contributed by atoms with Gasteiger partial charge in [0, 0.05) is 16.8 Å². The van der Waals surface area contributed by atoms with E-state index < -0.39 is 5.97 Å². The van der Waals surface area contributed by atoms with Crippen LogP contribution in [0.25, 0.3) is 33.5 Å². The maximum atomic E-state index is 13.5. The van der Waals surface area contributed by atoms with Crippen molar-refractivity contribution in [3.63, 3.8) is 0 Å². The predicted octanol–water partition coefficient (Wildman–Crippen LogP) is 6.43. The van der Waals surface area contributed by atoms with Crippen LogP contribution in [0.3, 0.4) is 0 Å². The molecule has 0 saturated carbocycles. The molecule has 0 radical (unpaired) electrons. The van der Waals surface area contributed by atoms with Crippen molar-refractivity contribution in [2.45, 2.75) is 13.8 Å². The van der Waals surface area contributed by atoms with Gasteiger partial charge in [-0.3, -0.25) is 9.59 Å². The summed E-state index contributed by atoms with van der Waals surface area (Å²) in [6, 6.07) is 17.6. The zero-order chi connectivity index (χ0) is 26.1. The molecule has 0 bridgehead atoms. The van der Waals surface area contributed by atoms with E-state index in [0.717, 1.165) is 9.86 Å². The van der Waals surface area contributed by atoms with Gasteiger partial charge in [0.15, 0.2) is 17.3 Å². The highest BCUT2D eigenvalue weighted by Gasteiger charge is 2.18. The minimum absolute atomic E-state index is 0.117. The molecule has 0 atom stereocenters. The van der Waals surface area contributed by atoms with Crippen LogP contribution in [0.4, 0.5) is 0 Å². The zero-order valence-electron chi connectivity index (χ0n) is 19.7. The molecule has 3 aromatic carbocycles. The smallest absolute Gasteiger partial charge is 0.308 e. The lowest BCUT2D eigenvalue weighted by Gasteiger charge is -2.12. The molecular weight excluding hydrogens is 562 g/mol. The lowest BCUT2D eigenvalue weighted by Crippen LogP contribution is -2.20. The Morgan fingerprint density at radius 2 is 2.00 bits per heavy atom. The maximum absolute atomic E-state index is 13.5. The van der Waals surface area contributed by atoms with E-state index in [0.29, 0.717) is 34.4 Å². The Morgan fingerprint density at radius 3 is 2.78 bits per heavy atom. The van der Waals surface area contributed by atoms with Crippen LogP contribution in [0.15, 0.2) is 79.4 Å². The van der Waals surface area contributed by atoms with Crippen LogP contribution in [0.2, 0.25) is 5.02 Å². The molecule has 0 fully saturated rings. The molecule has 0 aliphatic heterocycles. The number of halogens is 2. The summed E-state index contributed by atoms with van der Waals surface area (Å²) in [6.07, 6.45) is 1.45.